The number of carbonyl (C=O) groups is 2. The summed E-state index contributed by atoms with van der Waals surface area (Å²) < 4.78 is 5.91. The van der Waals surface area contributed by atoms with E-state index in [9.17, 15) is 9.59 Å². The molecular weight excluding hydrogens is 413 g/mol. The number of amides is 3. The molecule has 1 aliphatic heterocycles. The zero-order valence-electron chi connectivity index (χ0n) is 16.5. The zero-order chi connectivity index (χ0) is 21.2. The molecule has 2 aromatic carbocycles. The van der Waals surface area contributed by atoms with Crippen LogP contribution in [0, 0.1) is 5.41 Å². The van der Waals surface area contributed by atoms with Crippen molar-refractivity contribution in [1.29, 1.82) is 0 Å². The zero-order valence-corrected chi connectivity index (χ0v) is 18.0. The Balaban J connectivity index is 1.79. The molecule has 0 fully saturated rings. The smallest absolute Gasteiger partial charge is 0.323 e. The molecule has 29 heavy (non-hydrogen) atoms. The van der Waals surface area contributed by atoms with Gasteiger partial charge in [-0.2, -0.15) is 0 Å². The summed E-state index contributed by atoms with van der Waals surface area (Å²) in [5.41, 5.74) is 1.14. The van der Waals surface area contributed by atoms with E-state index in [1.54, 1.807) is 41.3 Å². The second-order valence-corrected chi connectivity index (χ2v) is 8.33. The fourth-order valence-electron chi connectivity index (χ4n) is 3.04. The van der Waals surface area contributed by atoms with Crippen molar-refractivity contribution in [1.82, 2.24) is 0 Å². The average molecular weight is 436 g/mol. The molecule has 2 N–H and O–H groups in total. The third kappa shape index (κ3) is 4.77. The molecule has 0 saturated heterocycles. The molecule has 8 heteroatoms. The number of hydrogen-bond acceptors (Lipinski definition) is 3. The molecule has 1 heterocycles. The highest BCUT2D eigenvalue weighted by Crippen LogP contribution is 2.38. The highest BCUT2D eigenvalue weighted by atomic mass is 35.5. The lowest BCUT2D eigenvalue weighted by atomic mass is 9.93. The van der Waals surface area contributed by atoms with Crippen LogP contribution in [0.1, 0.15) is 27.2 Å². The van der Waals surface area contributed by atoms with Crippen molar-refractivity contribution in [2.24, 2.45) is 5.41 Å². The highest BCUT2D eigenvalue weighted by Gasteiger charge is 2.37. The van der Waals surface area contributed by atoms with Crippen LogP contribution in [0.25, 0.3) is 0 Å². The summed E-state index contributed by atoms with van der Waals surface area (Å²) in [6.45, 7) is 6.62. The molecule has 3 amide bonds. The number of carbonyl (C=O) groups excluding carboxylic acids is 2. The topological polar surface area (TPSA) is 70.7 Å². The molecule has 0 aliphatic carbocycles. The molecule has 0 atom stereocenters. The standard InChI is InChI=1S/C21H23Cl2N3O3/c1-4-9-26-17-8-6-14(11-18(17)29-12-21(2,3)19(26)27)25-20(28)24-13-5-7-15(22)16(23)10-13/h5-8,10-11H,4,9,12H2,1-3H3,(H2,24,25,28). The lowest BCUT2D eigenvalue weighted by Gasteiger charge is -2.27. The second-order valence-electron chi connectivity index (χ2n) is 7.52. The lowest BCUT2D eigenvalue weighted by Crippen LogP contribution is -2.42. The fraction of sp³-hybridized carbons (Fsp3) is 0.333. The maximum Gasteiger partial charge on any atom is 0.323 e. The van der Waals surface area contributed by atoms with Crippen molar-refractivity contribution in [3.63, 3.8) is 0 Å². The quantitative estimate of drug-likeness (QED) is 0.637. The molecule has 0 unspecified atom stereocenters. The second kappa shape index (κ2) is 8.51. The van der Waals surface area contributed by atoms with E-state index < -0.39 is 11.4 Å². The average Bonchev–Trinajstić information content (AvgIpc) is 2.75. The maximum absolute atomic E-state index is 12.9. The Morgan fingerprint density at radius 2 is 1.76 bits per heavy atom. The molecule has 0 spiro atoms. The number of hydrogen-bond donors (Lipinski definition) is 2. The first-order chi connectivity index (χ1) is 13.7. The van der Waals surface area contributed by atoms with E-state index in [1.807, 2.05) is 20.8 Å². The minimum absolute atomic E-state index is 0.0242. The van der Waals surface area contributed by atoms with Gasteiger partial charge >= 0.3 is 6.03 Å². The van der Waals surface area contributed by atoms with Crippen molar-refractivity contribution >= 4 is 52.2 Å². The first kappa shape index (κ1) is 21.3. The first-order valence-electron chi connectivity index (χ1n) is 9.33. The molecule has 2 aromatic rings. The predicted octanol–water partition coefficient (Wildman–Crippen LogP) is 5.80. The largest absolute Gasteiger partial charge is 0.490 e. The van der Waals surface area contributed by atoms with Crippen molar-refractivity contribution in [3.8, 4) is 5.75 Å². The number of urea groups is 1. The minimum atomic E-state index is -0.632. The Bertz CT molecular complexity index is 947. The van der Waals surface area contributed by atoms with Crippen LogP contribution in [0.5, 0.6) is 5.75 Å². The van der Waals surface area contributed by atoms with E-state index >= 15 is 0 Å². The van der Waals surface area contributed by atoms with Gasteiger partial charge in [-0.1, -0.05) is 30.1 Å². The number of nitrogens with one attached hydrogen (secondary N) is 2. The minimum Gasteiger partial charge on any atom is -0.490 e. The van der Waals surface area contributed by atoms with Gasteiger partial charge in [0.05, 0.1) is 21.1 Å². The molecule has 154 valence electrons. The number of halogens is 2. The highest BCUT2D eigenvalue weighted by molar-refractivity contribution is 6.42. The van der Waals surface area contributed by atoms with Crippen LogP contribution in [-0.2, 0) is 4.79 Å². The van der Waals surface area contributed by atoms with Crippen molar-refractivity contribution in [2.75, 3.05) is 28.7 Å². The molecule has 1 aliphatic rings. The Hall–Kier alpha value is -2.44. The van der Waals surface area contributed by atoms with Gasteiger partial charge in [-0.3, -0.25) is 4.79 Å². The van der Waals surface area contributed by atoms with E-state index in [0.717, 1.165) is 6.42 Å². The van der Waals surface area contributed by atoms with Crippen LogP contribution in [-0.4, -0.2) is 25.1 Å². The lowest BCUT2D eigenvalue weighted by molar-refractivity contribution is -0.127. The summed E-state index contributed by atoms with van der Waals surface area (Å²) in [5.74, 6) is 0.584. The SMILES string of the molecule is CCCN1C(=O)C(C)(C)COc2cc(NC(=O)Nc3ccc(Cl)c(Cl)c3)ccc21. The van der Waals surface area contributed by atoms with Crippen LogP contribution in [0.3, 0.4) is 0 Å². The van der Waals surface area contributed by atoms with Gasteiger partial charge in [0, 0.05) is 24.0 Å². The molecule has 3 rings (SSSR count). The van der Waals surface area contributed by atoms with Crippen LogP contribution in [0.15, 0.2) is 36.4 Å². The third-order valence-corrected chi connectivity index (χ3v) is 5.28. The first-order valence-corrected chi connectivity index (χ1v) is 10.1. The monoisotopic (exact) mass is 435 g/mol. The van der Waals surface area contributed by atoms with Gasteiger partial charge in [0.15, 0.2) is 0 Å². The van der Waals surface area contributed by atoms with E-state index in [2.05, 4.69) is 10.6 Å². The van der Waals surface area contributed by atoms with Gasteiger partial charge in [-0.15, -0.1) is 0 Å². The predicted molar refractivity (Wildman–Crippen MR) is 117 cm³/mol. The van der Waals surface area contributed by atoms with E-state index in [0.29, 0.717) is 39.4 Å². The summed E-state index contributed by atoms with van der Waals surface area (Å²) >= 11 is 11.9. The molecule has 0 bridgehead atoms. The van der Waals surface area contributed by atoms with Crippen LogP contribution < -0.4 is 20.3 Å². The van der Waals surface area contributed by atoms with E-state index in [4.69, 9.17) is 27.9 Å². The van der Waals surface area contributed by atoms with Crippen molar-refractivity contribution < 1.29 is 14.3 Å². The number of anilines is 3. The fourth-order valence-corrected chi connectivity index (χ4v) is 3.34. The van der Waals surface area contributed by atoms with E-state index in [-0.39, 0.29) is 12.5 Å². The molecular formula is C21H23Cl2N3O3. The number of ether oxygens (including phenoxy) is 1. The Kier molecular flexibility index (Phi) is 6.24. The van der Waals surface area contributed by atoms with Crippen molar-refractivity contribution in [2.45, 2.75) is 27.2 Å². The maximum atomic E-state index is 12.9. The van der Waals surface area contributed by atoms with E-state index in [1.165, 1.54) is 0 Å². The molecule has 0 saturated carbocycles. The van der Waals surface area contributed by atoms with Crippen LogP contribution >= 0.6 is 23.2 Å². The summed E-state index contributed by atoms with van der Waals surface area (Å²) in [7, 11) is 0. The van der Waals surface area contributed by atoms with Gasteiger partial charge in [0.2, 0.25) is 5.91 Å². The summed E-state index contributed by atoms with van der Waals surface area (Å²) in [5, 5.41) is 6.23. The van der Waals surface area contributed by atoms with Gasteiger partial charge in [0.25, 0.3) is 0 Å². The Labute approximate surface area is 180 Å². The molecule has 0 aromatic heterocycles. The normalized spacial score (nSPS) is 15.2. The van der Waals surface area contributed by atoms with Crippen molar-refractivity contribution in [3.05, 3.63) is 46.4 Å². The van der Waals surface area contributed by atoms with Gasteiger partial charge in [-0.25, -0.2) is 4.79 Å². The number of benzene rings is 2. The number of rotatable bonds is 4. The number of fused-ring (bicyclic) bond motifs is 1. The Morgan fingerprint density at radius 3 is 2.41 bits per heavy atom. The summed E-state index contributed by atoms with van der Waals surface area (Å²) in [6.07, 6.45) is 0.827. The van der Waals surface area contributed by atoms with Gasteiger partial charge in [-0.05, 0) is 50.6 Å². The van der Waals surface area contributed by atoms with Gasteiger partial charge < -0.3 is 20.3 Å². The van der Waals surface area contributed by atoms with Gasteiger partial charge in [0.1, 0.15) is 12.4 Å². The number of nitrogens with zero attached hydrogens (tertiary/aromatic N) is 1. The molecule has 6 nitrogen and oxygen atoms in total. The summed E-state index contributed by atoms with van der Waals surface area (Å²) in [6, 6.07) is 9.66. The third-order valence-electron chi connectivity index (χ3n) is 4.55. The molecule has 0 radical (unpaired) electrons. The summed E-state index contributed by atoms with van der Waals surface area (Å²) in [4.78, 5) is 27.0. The van der Waals surface area contributed by atoms with Crippen LogP contribution in [0.4, 0.5) is 21.9 Å². The van der Waals surface area contributed by atoms with Crippen LogP contribution in [0.2, 0.25) is 10.0 Å². The Morgan fingerprint density at radius 1 is 1.10 bits per heavy atom.